The van der Waals surface area contributed by atoms with Gasteiger partial charge in [-0.1, -0.05) is 24.3 Å². The van der Waals surface area contributed by atoms with Crippen molar-refractivity contribution in [1.29, 1.82) is 0 Å². The van der Waals surface area contributed by atoms with Crippen LogP contribution >= 0.6 is 0 Å². The number of rotatable bonds is 5. The van der Waals surface area contributed by atoms with E-state index in [1.807, 2.05) is 25.1 Å². The van der Waals surface area contributed by atoms with Crippen molar-refractivity contribution in [2.75, 3.05) is 30.9 Å². The molecule has 4 heteroatoms. The molecule has 0 saturated carbocycles. The molecule has 0 aliphatic carbocycles. The first-order valence-corrected chi connectivity index (χ1v) is 6.45. The SMILES string of the molecule is Cc1ccccc1CCNc1nccc(N(C)C)n1. The fourth-order valence-electron chi connectivity index (χ4n) is 1.88. The van der Waals surface area contributed by atoms with E-state index in [-0.39, 0.29) is 0 Å². The number of nitrogens with one attached hydrogen (secondary N) is 1. The van der Waals surface area contributed by atoms with E-state index in [1.54, 1.807) is 6.20 Å². The van der Waals surface area contributed by atoms with Crippen LogP contribution in [0.3, 0.4) is 0 Å². The van der Waals surface area contributed by atoms with Crippen LogP contribution in [0, 0.1) is 6.92 Å². The molecule has 1 aromatic heterocycles. The van der Waals surface area contributed by atoms with Crippen LogP contribution in [0.1, 0.15) is 11.1 Å². The second kappa shape index (κ2) is 6.18. The summed E-state index contributed by atoms with van der Waals surface area (Å²) in [6, 6.07) is 10.3. The van der Waals surface area contributed by atoms with Crippen molar-refractivity contribution < 1.29 is 0 Å². The second-order valence-corrected chi connectivity index (χ2v) is 4.74. The monoisotopic (exact) mass is 256 g/mol. The van der Waals surface area contributed by atoms with E-state index in [0.717, 1.165) is 18.8 Å². The highest BCUT2D eigenvalue weighted by atomic mass is 15.2. The van der Waals surface area contributed by atoms with Crippen LogP contribution in [-0.4, -0.2) is 30.6 Å². The number of benzene rings is 1. The van der Waals surface area contributed by atoms with Crippen molar-refractivity contribution in [1.82, 2.24) is 9.97 Å². The highest BCUT2D eigenvalue weighted by molar-refractivity contribution is 5.41. The second-order valence-electron chi connectivity index (χ2n) is 4.74. The maximum atomic E-state index is 4.43. The minimum atomic E-state index is 0.680. The topological polar surface area (TPSA) is 41.1 Å². The van der Waals surface area contributed by atoms with Gasteiger partial charge in [-0.3, -0.25) is 0 Å². The molecule has 4 nitrogen and oxygen atoms in total. The Balaban J connectivity index is 1.93. The van der Waals surface area contributed by atoms with E-state index in [2.05, 4.69) is 46.5 Å². The highest BCUT2D eigenvalue weighted by Crippen LogP contribution is 2.10. The van der Waals surface area contributed by atoms with Crippen molar-refractivity contribution in [2.45, 2.75) is 13.3 Å². The first-order valence-electron chi connectivity index (χ1n) is 6.45. The molecule has 2 rings (SSSR count). The van der Waals surface area contributed by atoms with Gasteiger partial charge in [0.2, 0.25) is 5.95 Å². The summed E-state index contributed by atoms with van der Waals surface area (Å²) in [5.41, 5.74) is 2.69. The smallest absolute Gasteiger partial charge is 0.224 e. The van der Waals surface area contributed by atoms with Crippen LogP contribution in [0.15, 0.2) is 36.5 Å². The molecule has 0 bridgehead atoms. The Kier molecular flexibility index (Phi) is 4.34. The summed E-state index contributed by atoms with van der Waals surface area (Å²) in [6.45, 7) is 2.97. The van der Waals surface area contributed by atoms with Crippen LogP contribution in [-0.2, 0) is 6.42 Å². The van der Waals surface area contributed by atoms with Crippen molar-refractivity contribution in [2.24, 2.45) is 0 Å². The summed E-state index contributed by atoms with van der Waals surface area (Å²) in [4.78, 5) is 10.6. The van der Waals surface area contributed by atoms with Gasteiger partial charge in [0.25, 0.3) is 0 Å². The van der Waals surface area contributed by atoms with Gasteiger partial charge >= 0.3 is 0 Å². The van der Waals surface area contributed by atoms with Crippen LogP contribution < -0.4 is 10.2 Å². The Morgan fingerprint density at radius 2 is 1.95 bits per heavy atom. The zero-order chi connectivity index (χ0) is 13.7. The number of aryl methyl sites for hydroxylation is 1. The summed E-state index contributed by atoms with van der Waals surface area (Å²) in [6.07, 6.45) is 2.75. The lowest BCUT2D eigenvalue weighted by Gasteiger charge is -2.12. The Hall–Kier alpha value is -2.10. The van der Waals surface area contributed by atoms with Crippen LogP contribution in [0.5, 0.6) is 0 Å². The van der Waals surface area contributed by atoms with Crippen LogP contribution in [0.4, 0.5) is 11.8 Å². The summed E-state index contributed by atoms with van der Waals surface area (Å²) in [5.74, 6) is 1.59. The van der Waals surface area contributed by atoms with Gasteiger partial charge in [-0.2, -0.15) is 4.98 Å². The Morgan fingerprint density at radius 1 is 1.16 bits per heavy atom. The molecule has 0 unspecified atom stereocenters. The van der Waals surface area contributed by atoms with Crippen molar-refractivity contribution in [3.05, 3.63) is 47.7 Å². The first kappa shape index (κ1) is 13.3. The Morgan fingerprint density at radius 3 is 2.68 bits per heavy atom. The van der Waals surface area contributed by atoms with Crippen LogP contribution in [0.25, 0.3) is 0 Å². The van der Waals surface area contributed by atoms with E-state index in [1.165, 1.54) is 11.1 Å². The van der Waals surface area contributed by atoms with E-state index in [0.29, 0.717) is 5.95 Å². The molecule has 19 heavy (non-hydrogen) atoms. The molecule has 1 N–H and O–H groups in total. The van der Waals surface area contributed by atoms with Gasteiger partial charge in [0, 0.05) is 26.8 Å². The molecule has 0 atom stereocenters. The standard InChI is InChI=1S/C15H20N4/c1-12-6-4-5-7-13(12)8-10-16-15-17-11-9-14(18-15)19(2)3/h4-7,9,11H,8,10H2,1-3H3,(H,16,17,18). The van der Waals surface area contributed by atoms with Crippen molar-refractivity contribution in [3.8, 4) is 0 Å². The number of nitrogens with zero attached hydrogens (tertiary/aromatic N) is 3. The molecule has 1 aromatic carbocycles. The fourth-order valence-corrected chi connectivity index (χ4v) is 1.88. The molecular formula is C15H20N4. The van der Waals surface area contributed by atoms with E-state index in [9.17, 15) is 0 Å². The van der Waals surface area contributed by atoms with Gasteiger partial charge in [0.1, 0.15) is 5.82 Å². The number of hydrogen-bond acceptors (Lipinski definition) is 4. The third-order valence-corrected chi connectivity index (χ3v) is 3.04. The maximum Gasteiger partial charge on any atom is 0.224 e. The zero-order valence-electron chi connectivity index (χ0n) is 11.7. The zero-order valence-corrected chi connectivity index (χ0v) is 11.7. The molecule has 0 saturated heterocycles. The molecule has 1 heterocycles. The third kappa shape index (κ3) is 3.68. The quantitative estimate of drug-likeness (QED) is 0.892. The van der Waals surface area contributed by atoms with Gasteiger partial charge < -0.3 is 10.2 Å². The lowest BCUT2D eigenvalue weighted by molar-refractivity contribution is 0.962. The fraction of sp³-hybridized carbons (Fsp3) is 0.333. The van der Waals surface area contributed by atoms with Gasteiger partial charge in [0.05, 0.1) is 0 Å². The lowest BCUT2D eigenvalue weighted by Crippen LogP contribution is -2.13. The van der Waals surface area contributed by atoms with Crippen molar-refractivity contribution >= 4 is 11.8 Å². The van der Waals surface area contributed by atoms with E-state index in [4.69, 9.17) is 0 Å². The van der Waals surface area contributed by atoms with Gasteiger partial charge in [-0.25, -0.2) is 4.98 Å². The van der Waals surface area contributed by atoms with E-state index < -0.39 is 0 Å². The van der Waals surface area contributed by atoms with E-state index >= 15 is 0 Å². The molecule has 0 spiro atoms. The molecule has 100 valence electrons. The largest absolute Gasteiger partial charge is 0.363 e. The van der Waals surface area contributed by atoms with Gasteiger partial charge in [-0.15, -0.1) is 0 Å². The predicted octanol–water partition coefficient (Wildman–Crippen LogP) is 2.51. The number of aromatic nitrogens is 2. The first-order chi connectivity index (χ1) is 9.16. The molecule has 0 fully saturated rings. The summed E-state index contributed by atoms with van der Waals surface area (Å²) in [7, 11) is 3.94. The Bertz CT molecular complexity index is 537. The maximum absolute atomic E-state index is 4.43. The normalized spacial score (nSPS) is 10.3. The highest BCUT2D eigenvalue weighted by Gasteiger charge is 2.01. The molecule has 0 amide bonds. The molecule has 0 radical (unpaired) electrons. The average molecular weight is 256 g/mol. The van der Waals surface area contributed by atoms with Crippen molar-refractivity contribution in [3.63, 3.8) is 0 Å². The minimum absolute atomic E-state index is 0.680. The average Bonchev–Trinajstić information content (AvgIpc) is 2.41. The molecule has 0 aliphatic heterocycles. The van der Waals surface area contributed by atoms with Gasteiger partial charge in [-0.05, 0) is 30.5 Å². The van der Waals surface area contributed by atoms with Crippen LogP contribution in [0.2, 0.25) is 0 Å². The Labute approximate surface area is 114 Å². The van der Waals surface area contributed by atoms with Gasteiger partial charge in [0.15, 0.2) is 0 Å². The third-order valence-electron chi connectivity index (χ3n) is 3.04. The minimum Gasteiger partial charge on any atom is -0.363 e. The molecule has 2 aromatic rings. The molecular weight excluding hydrogens is 236 g/mol. The molecule has 0 aliphatic rings. The number of hydrogen-bond donors (Lipinski definition) is 1. The predicted molar refractivity (Wildman–Crippen MR) is 79.7 cm³/mol. The lowest BCUT2D eigenvalue weighted by atomic mass is 10.1. The summed E-state index contributed by atoms with van der Waals surface area (Å²) in [5, 5.41) is 3.27. The summed E-state index contributed by atoms with van der Waals surface area (Å²) < 4.78 is 0. The number of anilines is 2. The summed E-state index contributed by atoms with van der Waals surface area (Å²) >= 11 is 0.